The predicted octanol–water partition coefficient (Wildman–Crippen LogP) is 2.25. The number of nitrogens with one attached hydrogen (secondary N) is 1. The molecule has 136 valence electrons. The van der Waals surface area contributed by atoms with Gasteiger partial charge in [-0.15, -0.1) is 0 Å². The standard InChI is InChI=1S/C18H17FN8/c1-2-4-12-14(23-11-27-17(12)24-15(9-20)25-27)10-26-8-7-22-18(26)16-13(19)5-3-6-21-16/h3,5-8,11,17H,2,4,10H2,1H3,(H,24,25). The van der Waals surface area contributed by atoms with Gasteiger partial charge in [0.15, 0.2) is 17.8 Å². The number of pyridine rings is 1. The summed E-state index contributed by atoms with van der Waals surface area (Å²) in [6.07, 6.45) is 7.99. The topological polar surface area (TPSA) is 94.5 Å². The molecule has 8 nitrogen and oxygen atoms in total. The third-order valence-corrected chi connectivity index (χ3v) is 4.40. The van der Waals surface area contributed by atoms with Gasteiger partial charge in [-0.1, -0.05) is 13.3 Å². The number of fused-ring (bicyclic) bond motifs is 1. The van der Waals surface area contributed by atoms with E-state index in [2.05, 4.69) is 32.3 Å². The Morgan fingerprint density at radius 3 is 3.00 bits per heavy atom. The molecule has 2 aromatic rings. The van der Waals surface area contributed by atoms with Gasteiger partial charge in [0.25, 0.3) is 0 Å². The van der Waals surface area contributed by atoms with Gasteiger partial charge in [-0.25, -0.2) is 29.4 Å². The molecule has 1 atom stereocenters. The van der Waals surface area contributed by atoms with Gasteiger partial charge >= 0.3 is 0 Å². The minimum Gasteiger partial charge on any atom is -0.324 e. The number of aliphatic imine (C=N–C) groups is 2. The molecule has 0 bridgehead atoms. The molecule has 0 aromatic carbocycles. The van der Waals surface area contributed by atoms with Gasteiger partial charge in [-0.3, -0.25) is 5.43 Å². The summed E-state index contributed by atoms with van der Waals surface area (Å²) in [5, 5.41) is 10.8. The second-order valence-corrected chi connectivity index (χ2v) is 6.16. The summed E-state index contributed by atoms with van der Waals surface area (Å²) in [5.41, 5.74) is 4.98. The third kappa shape index (κ3) is 3.06. The maximum Gasteiger partial charge on any atom is 0.222 e. The SMILES string of the molecule is CCCC1=C(Cn2ccnc2-c2ncccc2F)N=CN2NC(C#N)=NC12. The average molecular weight is 364 g/mol. The summed E-state index contributed by atoms with van der Waals surface area (Å²) < 4.78 is 16.0. The second-order valence-electron chi connectivity index (χ2n) is 6.16. The Kier molecular flexibility index (Phi) is 4.38. The van der Waals surface area contributed by atoms with Gasteiger partial charge in [0.2, 0.25) is 5.84 Å². The highest BCUT2D eigenvalue weighted by Crippen LogP contribution is 2.28. The van der Waals surface area contributed by atoms with Crippen LogP contribution in [-0.2, 0) is 6.54 Å². The number of amidine groups is 1. The molecule has 2 aliphatic rings. The fourth-order valence-corrected chi connectivity index (χ4v) is 3.20. The Bertz CT molecular complexity index is 997. The van der Waals surface area contributed by atoms with Crippen molar-refractivity contribution in [3.8, 4) is 17.6 Å². The van der Waals surface area contributed by atoms with Gasteiger partial charge in [0, 0.05) is 18.6 Å². The highest BCUT2D eigenvalue weighted by Gasteiger charge is 2.32. The van der Waals surface area contributed by atoms with Crippen LogP contribution in [0.5, 0.6) is 0 Å². The summed E-state index contributed by atoms with van der Waals surface area (Å²) in [5.74, 6) is 0.286. The molecule has 1 unspecified atom stereocenters. The van der Waals surface area contributed by atoms with Crippen molar-refractivity contribution in [2.24, 2.45) is 9.98 Å². The summed E-state index contributed by atoms with van der Waals surface area (Å²) in [6, 6.07) is 4.94. The molecule has 0 saturated carbocycles. The molecule has 0 spiro atoms. The lowest BCUT2D eigenvalue weighted by Crippen LogP contribution is -2.42. The van der Waals surface area contributed by atoms with E-state index in [0.717, 1.165) is 24.1 Å². The van der Waals surface area contributed by atoms with E-state index in [1.54, 1.807) is 29.8 Å². The molecule has 27 heavy (non-hydrogen) atoms. The number of nitrogens with zero attached hydrogens (tertiary/aromatic N) is 7. The molecule has 0 radical (unpaired) electrons. The van der Waals surface area contributed by atoms with Gasteiger partial charge in [-0.2, -0.15) is 5.26 Å². The highest BCUT2D eigenvalue weighted by atomic mass is 19.1. The molecule has 1 N–H and O–H groups in total. The minimum atomic E-state index is -0.422. The highest BCUT2D eigenvalue weighted by molar-refractivity contribution is 5.98. The largest absolute Gasteiger partial charge is 0.324 e. The Morgan fingerprint density at radius 1 is 1.33 bits per heavy atom. The molecule has 0 amide bonds. The molecular weight excluding hydrogens is 347 g/mol. The number of halogens is 1. The first-order chi connectivity index (χ1) is 13.2. The summed E-state index contributed by atoms with van der Waals surface area (Å²) in [6.45, 7) is 2.50. The minimum absolute atomic E-state index is 0.203. The van der Waals surface area contributed by atoms with E-state index >= 15 is 0 Å². The van der Waals surface area contributed by atoms with E-state index in [1.807, 2.05) is 10.6 Å². The zero-order valence-corrected chi connectivity index (χ0v) is 14.7. The van der Waals surface area contributed by atoms with Gasteiger partial charge in [-0.05, 0) is 24.1 Å². The maximum atomic E-state index is 14.1. The number of aromatic nitrogens is 3. The van der Waals surface area contributed by atoms with Crippen molar-refractivity contribution in [2.45, 2.75) is 32.5 Å². The van der Waals surface area contributed by atoms with Crippen molar-refractivity contribution >= 4 is 12.2 Å². The molecule has 0 fully saturated rings. The quantitative estimate of drug-likeness (QED) is 0.878. The van der Waals surface area contributed by atoms with Crippen LogP contribution in [0.3, 0.4) is 0 Å². The monoisotopic (exact) mass is 364 g/mol. The lowest BCUT2D eigenvalue weighted by Gasteiger charge is -2.28. The number of nitriles is 1. The molecule has 0 saturated heterocycles. The Hall–Kier alpha value is -3.54. The lowest BCUT2D eigenvalue weighted by atomic mass is 10.0. The molecular formula is C18H17FN8. The summed E-state index contributed by atoms with van der Waals surface area (Å²) in [7, 11) is 0. The summed E-state index contributed by atoms with van der Waals surface area (Å²) >= 11 is 0. The zero-order valence-electron chi connectivity index (χ0n) is 14.7. The van der Waals surface area contributed by atoms with Crippen LogP contribution < -0.4 is 5.43 Å². The maximum absolute atomic E-state index is 14.1. The Balaban J connectivity index is 1.70. The van der Waals surface area contributed by atoms with Gasteiger partial charge < -0.3 is 4.57 Å². The van der Waals surface area contributed by atoms with Crippen LogP contribution in [0.25, 0.3) is 11.5 Å². The van der Waals surface area contributed by atoms with Crippen molar-refractivity contribution in [1.29, 1.82) is 5.26 Å². The van der Waals surface area contributed by atoms with Crippen molar-refractivity contribution in [1.82, 2.24) is 25.0 Å². The second kappa shape index (κ2) is 6.99. The first kappa shape index (κ1) is 16.9. The Morgan fingerprint density at radius 2 is 2.22 bits per heavy atom. The predicted molar refractivity (Wildman–Crippen MR) is 97.7 cm³/mol. The molecule has 9 heteroatoms. The van der Waals surface area contributed by atoms with E-state index in [1.165, 1.54) is 12.3 Å². The Labute approximate surface area is 155 Å². The van der Waals surface area contributed by atoms with Crippen LogP contribution in [0.4, 0.5) is 4.39 Å². The fraction of sp³-hybridized carbons (Fsp3) is 0.278. The average Bonchev–Trinajstić information content (AvgIpc) is 3.31. The first-order valence-corrected chi connectivity index (χ1v) is 8.62. The molecule has 4 heterocycles. The van der Waals surface area contributed by atoms with E-state index in [4.69, 9.17) is 5.26 Å². The summed E-state index contributed by atoms with van der Waals surface area (Å²) in [4.78, 5) is 17.4. The zero-order chi connectivity index (χ0) is 18.8. The lowest BCUT2D eigenvalue weighted by molar-refractivity contribution is 0.342. The molecule has 4 rings (SSSR count). The van der Waals surface area contributed by atoms with E-state index in [9.17, 15) is 4.39 Å². The van der Waals surface area contributed by atoms with E-state index in [0.29, 0.717) is 12.4 Å². The molecule has 2 aromatic heterocycles. The van der Waals surface area contributed by atoms with Gasteiger partial charge in [0.05, 0.1) is 12.2 Å². The number of hydrogen-bond donors (Lipinski definition) is 1. The number of hydrazine groups is 1. The van der Waals surface area contributed by atoms with Crippen molar-refractivity contribution in [2.75, 3.05) is 0 Å². The first-order valence-electron chi connectivity index (χ1n) is 8.62. The van der Waals surface area contributed by atoms with Crippen molar-refractivity contribution in [3.63, 3.8) is 0 Å². The number of hydrogen-bond acceptors (Lipinski definition) is 7. The molecule has 0 aliphatic carbocycles. The van der Waals surface area contributed by atoms with E-state index < -0.39 is 5.82 Å². The van der Waals surface area contributed by atoms with Crippen molar-refractivity contribution < 1.29 is 4.39 Å². The van der Waals surface area contributed by atoms with Crippen molar-refractivity contribution in [3.05, 3.63) is 47.8 Å². The van der Waals surface area contributed by atoms with Crippen LogP contribution in [0.2, 0.25) is 0 Å². The van der Waals surface area contributed by atoms with E-state index in [-0.39, 0.29) is 17.7 Å². The normalized spacial score (nSPS) is 18.2. The van der Waals surface area contributed by atoms with Gasteiger partial charge in [0.1, 0.15) is 18.1 Å². The van der Waals surface area contributed by atoms with Crippen LogP contribution in [-0.4, -0.2) is 37.9 Å². The number of imidazole rings is 1. The van der Waals surface area contributed by atoms with Crippen LogP contribution >= 0.6 is 0 Å². The number of rotatable bonds is 5. The molecule has 2 aliphatic heterocycles. The third-order valence-electron chi connectivity index (χ3n) is 4.40. The van der Waals surface area contributed by atoms with Crippen LogP contribution in [0.1, 0.15) is 19.8 Å². The fourth-order valence-electron chi connectivity index (χ4n) is 3.20. The smallest absolute Gasteiger partial charge is 0.222 e. The number of allylic oxidation sites excluding steroid dienone is 1. The van der Waals surface area contributed by atoms with Crippen LogP contribution in [0, 0.1) is 17.1 Å². The van der Waals surface area contributed by atoms with Crippen LogP contribution in [0.15, 0.2) is 52.0 Å².